The van der Waals surface area contributed by atoms with Crippen molar-refractivity contribution < 1.29 is 9.53 Å². The van der Waals surface area contributed by atoms with Crippen LogP contribution in [0.4, 0.5) is 0 Å². The number of pyridine rings is 1. The summed E-state index contributed by atoms with van der Waals surface area (Å²) in [6.07, 6.45) is 2.41. The van der Waals surface area contributed by atoms with Gasteiger partial charge in [-0.2, -0.15) is 0 Å². The maximum absolute atomic E-state index is 12.6. The van der Waals surface area contributed by atoms with Crippen LogP contribution in [0.5, 0.6) is 0 Å². The first-order valence-corrected chi connectivity index (χ1v) is 7.87. The molecule has 0 saturated heterocycles. The Balaban J connectivity index is 0.00000156. The van der Waals surface area contributed by atoms with Gasteiger partial charge < -0.3 is 15.8 Å². The molecule has 1 aliphatic rings. The number of aromatic nitrogens is 3. The third-order valence-corrected chi connectivity index (χ3v) is 5.03. The topological polar surface area (TPSA) is 94.5 Å². The van der Waals surface area contributed by atoms with E-state index in [0.717, 1.165) is 5.65 Å². The fourth-order valence-corrected chi connectivity index (χ4v) is 3.15. The normalized spacial score (nSPS) is 23.9. The van der Waals surface area contributed by atoms with E-state index in [9.17, 15) is 4.79 Å². The van der Waals surface area contributed by atoms with Gasteiger partial charge in [0.05, 0.1) is 12.6 Å². The lowest BCUT2D eigenvalue weighted by atomic mass is 9.54. The van der Waals surface area contributed by atoms with Gasteiger partial charge >= 0.3 is 0 Å². The van der Waals surface area contributed by atoms with Gasteiger partial charge in [-0.1, -0.05) is 19.9 Å². The molecule has 1 amide bonds. The molecule has 140 valence electrons. The second kappa shape index (κ2) is 7.86. The highest BCUT2D eigenvalue weighted by Gasteiger charge is 2.62. The van der Waals surface area contributed by atoms with Crippen molar-refractivity contribution in [2.24, 2.45) is 11.1 Å². The highest BCUT2D eigenvalue weighted by molar-refractivity contribution is 5.88. The summed E-state index contributed by atoms with van der Waals surface area (Å²) in [5, 5.41) is 11.1. The number of halogens is 2. The highest BCUT2D eigenvalue weighted by atomic mass is 35.5. The molecule has 2 unspecified atom stereocenters. The van der Waals surface area contributed by atoms with E-state index in [1.807, 2.05) is 49.6 Å². The minimum atomic E-state index is -0.923. The second-order valence-corrected chi connectivity index (χ2v) is 6.57. The first-order valence-electron chi connectivity index (χ1n) is 7.87. The minimum Gasteiger partial charge on any atom is -0.378 e. The van der Waals surface area contributed by atoms with Crippen molar-refractivity contribution in [3.63, 3.8) is 0 Å². The Labute approximate surface area is 159 Å². The molecular weight excluding hydrogens is 365 g/mol. The Morgan fingerprint density at radius 2 is 2.12 bits per heavy atom. The highest BCUT2D eigenvalue weighted by Crippen LogP contribution is 2.49. The average molecular weight is 390 g/mol. The van der Waals surface area contributed by atoms with Gasteiger partial charge in [-0.15, -0.1) is 35.0 Å². The lowest BCUT2D eigenvalue weighted by molar-refractivity contribution is -0.170. The molecule has 2 aromatic rings. The molecule has 2 heterocycles. The number of carbonyl (C=O) groups is 1. The first-order chi connectivity index (χ1) is 10.9. The molecule has 2 aromatic heterocycles. The smallest absolute Gasteiger partial charge is 0.241 e. The quantitative estimate of drug-likeness (QED) is 0.811. The summed E-state index contributed by atoms with van der Waals surface area (Å²) in [4.78, 5) is 12.6. The number of rotatable bonds is 5. The van der Waals surface area contributed by atoms with Crippen LogP contribution in [0.15, 0.2) is 24.4 Å². The number of carbonyl (C=O) groups excluding carboxylic acids is 1. The van der Waals surface area contributed by atoms with Crippen molar-refractivity contribution >= 4 is 36.4 Å². The zero-order valence-electron chi connectivity index (χ0n) is 14.6. The predicted molar refractivity (Wildman–Crippen MR) is 100 cm³/mol. The number of nitrogens with zero attached hydrogens (tertiary/aromatic N) is 3. The third kappa shape index (κ3) is 3.46. The molecule has 0 aromatic carbocycles. The molecule has 3 rings (SSSR count). The maximum Gasteiger partial charge on any atom is 0.241 e. The zero-order valence-corrected chi connectivity index (χ0v) is 16.2. The molecule has 25 heavy (non-hydrogen) atoms. The lowest BCUT2D eigenvalue weighted by Gasteiger charge is -2.57. The number of hydrogen-bond donors (Lipinski definition) is 2. The van der Waals surface area contributed by atoms with Gasteiger partial charge in [-0.05, 0) is 19.1 Å². The van der Waals surface area contributed by atoms with Gasteiger partial charge in [-0.3, -0.25) is 9.20 Å². The van der Waals surface area contributed by atoms with Crippen LogP contribution >= 0.6 is 24.8 Å². The number of ether oxygens (including phenoxy) is 1. The van der Waals surface area contributed by atoms with Crippen LogP contribution in [0.2, 0.25) is 0 Å². The van der Waals surface area contributed by atoms with Crippen molar-refractivity contribution in [1.29, 1.82) is 0 Å². The monoisotopic (exact) mass is 389 g/mol. The molecule has 1 saturated carbocycles. The molecular formula is C16H25Cl2N5O2. The van der Waals surface area contributed by atoms with Crippen LogP contribution < -0.4 is 11.1 Å². The van der Waals surface area contributed by atoms with Crippen LogP contribution in [0.3, 0.4) is 0 Å². The molecule has 0 aliphatic heterocycles. The zero-order chi connectivity index (χ0) is 16.7. The standard InChI is InChI=1S/C16H23N5O2.2ClH/c1-4-23-11-9-16(17,15(11,2)3)14(22)18-10-13-20-19-12-7-5-6-8-21(12)13;;/h5-8,11H,4,9-10,17H2,1-3H3,(H,18,22);2*1H. The van der Waals surface area contributed by atoms with Crippen molar-refractivity contribution in [2.45, 2.75) is 45.4 Å². The number of fused-ring (bicyclic) bond motifs is 1. The summed E-state index contributed by atoms with van der Waals surface area (Å²) in [5.41, 5.74) is 5.79. The summed E-state index contributed by atoms with van der Waals surface area (Å²) in [6, 6.07) is 5.66. The van der Waals surface area contributed by atoms with Crippen molar-refractivity contribution in [3.8, 4) is 0 Å². The van der Waals surface area contributed by atoms with Crippen LogP contribution in [0.1, 0.15) is 33.0 Å². The molecule has 7 nitrogen and oxygen atoms in total. The predicted octanol–water partition coefficient (Wildman–Crippen LogP) is 1.72. The lowest BCUT2D eigenvalue weighted by Crippen LogP contribution is -2.75. The summed E-state index contributed by atoms with van der Waals surface area (Å²) in [6.45, 7) is 6.81. The van der Waals surface area contributed by atoms with Crippen molar-refractivity contribution in [3.05, 3.63) is 30.2 Å². The van der Waals surface area contributed by atoms with E-state index in [-0.39, 0.29) is 36.8 Å². The fraction of sp³-hybridized carbons (Fsp3) is 0.562. The van der Waals surface area contributed by atoms with E-state index < -0.39 is 11.0 Å². The van der Waals surface area contributed by atoms with Crippen molar-refractivity contribution in [2.75, 3.05) is 6.61 Å². The van der Waals surface area contributed by atoms with E-state index in [2.05, 4.69) is 15.5 Å². The Morgan fingerprint density at radius 3 is 2.76 bits per heavy atom. The summed E-state index contributed by atoms with van der Waals surface area (Å²) in [5.74, 6) is 0.502. The van der Waals surface area contributed by atoms with Crippen molar-refractivity contribution in [1.82, 2.24) is 19.9 Å². The van der Waals surface area contributed by atoms with Gasteiger partial charge in [0, 0.05) is 24.6 Å². The maximum atomic E-state index is 12.6. The van der Waals surface area contributed by atoms with E-state index in [0.29, 0.717) is 25.4 Å². The van der Waals surface area contributed by atoms with Gasteiger partial charge in [0.25, 0.3) is 0 Å². The minimum absolute atomic E-state index is 0. The Morgan fingerprint density at radius 1 is 1.40 bits per heavy atom. The molecule has 3 N–H and O–H groups in total. The van der Waals surface area contributed by atoms with Gasteiger partial charge in [-0.25, -0.2) is 0 Å². The number of nitrogens with two attached hydrogens (primary N) is 1. The summed E-state index contributed by atoms with van der Waals surface area (Å²) < 4.78 is 7.51. The summed E-state index contributed by atoms with van der Waals surface area (Å²) in [7, 11) is 0. The molecule has 0 spiro atoms. The van der Waals surface area contributed by atoms with Crippen LogP contribution in [-0.4, -0.2) is 38.8 Å². The number of hydrogen-bond acceptors (Lipinski definition) is 5. The Kier molecular flexibility index (Phi) is 6.81. The number of amides is 1. The molecule has 2 atom stereocenters. The number of nitrogens with one attached hydrogen (secondary N) is 1. The SMILES string of the molecule is CCOC1CC(N)(C(=O)NCc2nnc3ccccn23)C1(C)C.Cl.Cl. The molecule has 9 heteroatoms. The fourth-order valence-electron chi connectivity index (χ4n) is 3.15. The second-order valence-electron chi connectivity index (χ2n) is 6.57. The van der Waals surface area contributed by atoms with E-state index >= 15 is 0 Å². The Bertz CT molecular complexity index is 736. The molecule has 1 fully saturated rings. The molecule has 1 aliphatic carbocycles. The largest absolute Gasteiger partial charge is 0.378 e. The Hall–Kier alpha value is -1.41. The first kappa shape index (κ1) is 21.6. The van der Waals surface area contributed by atoms with E-state index in [1.165, 1.54) is 0 Å². The van der Waals surface area contributed by atoms with E-state index in [4.69, 9.17) is 10.5 Å². The van der Waals surface area contributed by atoms with Gasteiger partial charge in [0.1, 0.15) is 5.54 Å². The van der Waals surface area contributed by atoms with Crippen LogP contribution in [-0.2, 0) is 16.1 Å². The average Bonchev–Trinajstić information content (AvgIpc) is 2.95. The van der Waals surface area contributed by atoms with Crippen LogP contribution in [0, 0.1) is 5.41 Å². The third-order valence-electron chi connectivity index (χ3n) is 5.03. The van der Waals surface area contributed by atoms with Gasteiger partial charge in [0.15, 0.2) is 11.5 Å². The molecule has 0 radical (unpaired) electrons. The van der Waals surface area contributed by atoms with E-state index in [1.54, 1.807) is 0 Å². The van der Waals surface area contributed by atoms with Gasteiger partial charge in [0.2, 0.25) is 5.91 Å². The molecule has 0 bridgehead atoms. The van der Waals surface area contributed by atoms with Crippen LogP contribution in [0.25, 0.3) is 5.65 Å². The summed E-state index contributed by atoms with van der Waals surface area (Å²) >= 11 is 0.